The largest absolute Gasteiger partial charge is 0.379 e. The Morgan fingerprint density at radius 3 is 2.55 bits per heavy atom. The van der Waals surface area contributed by atoms with Crippen LogP contribution in [0.3, 0.4) is 0 Å². The summed E-state index contributed by atoms with van der Waals surface area (Å²) in [6.45, 7) is 1.56. The number of nitrogens with one attached hydrogen (secondary N) is 1. The minimum atomic E-state index is -3.49. The van der Waals surface area contributed by atoms with Crippen molar-refractivity contribution in [1.82, 2.24) is 9.62 Å². The van der Waals surface area contributed by atoms with Crippen LogP contribution in [-0.2, 0) is 14.8 Å². The number of sulfonamides is 1. The van der Waals surface area contributed by atoms with Crippen molar-refractivity contribution in [2.24, 2.45) is 4.99 Å². The van der Waals surface area contributed by atoms with Gasteiger partial charge in [0.2, 0.25) is 10.0 Å². The van der Waals surface area contributed by atoms with E-state index in [0.717, 1.165) is 0 Å². The Morgan fingerprint density at radius 2 is 2.00 bits per heavy atom. The first-order valence-corrected chi connectivity index (χ1v) is 9.20. The van der Waals surface area contributed by atoms with E-state index >= 15 is 0 Å². The zero-order valence-electron chi connectivity index (χ0n) is 12.0. The molecule has 118 valence electrons. The van der Waals surface area contributed by atoms with Crippen LogP contribution in [0.15, 0.2) is 34.2 Å². The fourth-order valence-electron chi connectivity index (χ4n) is 1.92. The molecule has 1 aromatic rings. The smallest absolute Gasteiger partial charge is 0.243 e. The van der Waals surface area contributed by atoms with Crippen molar-refractivity contribution in [3.63, 3.8) is 0 Å². The zero-order valence-corrected chi connectivity index (χ0v) is 13.7. The van der Waals surface area contributed by atoms with Crippen LogP contribution >= 0.6 is 11.8 Å². The maximum Gasteiger partial charge on any atom is 0.243 e. The molecular formula is C13H16N4O3S2. The molecule has 1 saturated heterocycles. The summed E-state index contributed by atoms with van der Waals surface area (Å²) in [5.74, 6) is 0. The highest BCUT2D eigenvalue weighted by Crippen LogP contribution is 2.21. The average Bonchev–Trinajstić information content (AvgIpc) is 2.55. The highest BCUT2D eigenvalue weighted by atomic mass is 32.2. The van der Waals surface area contributed by atoms with Gasteiger partial charge >= 0.3 is 0 Å². The number of nitriles is 1. The number of rotatable bonds is 3. The number of morpholine rings is 1. The summed E-state index contributed by atoms with van der Waals surface area (Å²) in [5, 5.41) is 11.5. The second-order valence-corrected chi connectivity index (χ2v) is 7.10. The molecule has 1 aliphatic heterocycles. The lowest BCUT2D eigenvalue weighted by Gasteiger charge is -2.26. The number of benzene rings is 1. The first-order chi connectivity index (χ1) is 10.6. The van der Waals surface area contributed by atoms with Crippen molar-refractivity contribution >= 4 is 32.6 Å². The molecule has 0 aromatic heterocycles. The van der Waals surface area contributed by atoms with E-state index in [-0.39, 0.29) is 4.90 Å². The Hall–Kier alpha value is -1.60. The van der Waals surface area contributed by atoms with E-state index in [4.69, 9.17) is 10.00 Å². The van der Waals surface area contributed by atoms with Gasteiger partial charge in [0.15, 0.2) is 11.4 Å². The molecule has 0 spiro atoms. The van der Waals surface area contributed by atoms with Gasteiger partial charge in [-0.05, 0) is 30.5 Å². The van der Waals surface area contributed by atoms with Gasteiger partial charge in [0, 0.05) is 13.1 Å². The Kier molecular flexibility index (Phi) is 5.79. The van der Waals surface area contributed by atoms with E-state index in [1.165, 1.54) is 28.2 Å². The number of thioether (sulfide) groups is 1. The van der Waals surface area contributed by atoms with E-state index in [9.17, 15) is 8.42 Å². The molecule has 0 atom stereocenters. The molecule has 22 heavy (non-hydrogen) atoms. The average molecular weight is 340 g/mol. The Balaban J connectivity index is 2.19. The van der Waals surface area contributed by atoms with Crippen molar-refractivity contribution in [1.29, 1.82) is 5.26 Å². The van der Waals surface area contributed by atoms with Crippen molar-refractivity contribution in [2.75, 3.05) is 32.6 Å². The van der Waals surface area contributed by atoms with Gasteiger partial charge in [-0.3, -0.25) is 5.32 Å². The fourth-order valence-corrected chi connectivity index (χ4v) is 3.67. The number of hydrogen-bond acceptors (Lipinski definition) is 6. The van der Waals surface area contributed by atoms with E-state index in [1.807, 2.05) is 0 Å². The normalized spacial score (nSPS) is 17.0. The molecule has 7 nitrogen and oxygen atoms in total. The number of nitrogens with zero attached hydrogens (tertiary/aromatic N) is 3. The van der Waals surface area contributed by atoms with Gasteiger partial charge in [-0.1, -0.05) is 11.8 Å². The zero-order chi connectivity index (χ0) is 16.0. The summed E-state index contributed by atoms with van der Waals surface area (Å²) in [6, 6.07) is 6.27. The third kappa shape index (κ3) is 3.98. The minimum Gasteiger partial charge on any atom is -0.379 e. The molecule has 1 fully saturated rings. The summed E-state index contributed by atoms with van der Waals surface area (Å²) in [7, 11) is -3.49. The highest BCUT2D eigenvalue weighted by molar-refractivity contribution is 8.13. The van der Waals surface area contributed by atoms with Gasteiger partial charge in [0.25, 0.3) is 0 Å². The molecule has 0 amide bonds. The van der Waals surface area contributed by atoms with Gasteiger partial charge in [0.1, 0.15) is 0 Å². The summed E-state index contributed by atoms with van der Waals surface area (Å²) in [5.41, 5.74) is 0.577. The van der Waals surface area contributed by atoms with Gasteiger partial charge in [-0.2, -0.15) is 9.57 Å². The summed E-state index contributed by atoms with van der Waals surface area (Å²) in [6.07, 6.45) is 3.59. The number of ether oxygens (including phenoxy) is 1. The second-order valence-electron chi connectivity index (χ2n) is 4.37. The number of hydrogen-bond donors (Lipinski definition) is 1. The Morgan fingerprint density at radius 1 is 1.36 bits per heavy atom. The fraction of sp³-hybridized carbons (Fsp3) is 0.385. The van der Waals surface area contributed by atoms with E-state index < -0.39 is 10.0 Å². The third-order valence-electron chi connectivity index (χ3n) is 3.03. The number of amidine groups is 1. The highest BCUT2D eigenvalue weighted by Gasteiger charge is 2.25. The monoisotopic (exact) mass is 340 g/mol. The predicted octanol–water partition coefficient (Wildman–Crippen LogP) is 1.13. The lowest BCUT2D eigenvalue weighted by atomic mass is 10.3. The molecule has 0 aliphatic carbocycles. The topological polar surface area (TPSA) is 94.8 Å². The van der Waals surface area contributed by atoms with Crippen LogP contribution in [0.4, 0.5) is 5.69 Å². The van der Waals surface area contributed by atoms with Gasteiger partial charge in [-0.15, -0.1) is 0 Å². The van der Waals surface area contributed by atoms with E-state index in [0.29, 0.717) is 37.2 Å². The van der Waals surface area contributed by atoms with Crippen LogP contribution in [0, 0.1) is 11.5 Å². The van der Waals surface area contributed by atoms with Gasteiger partial charge < -0.3 is 4.74 Å². The minimum absolute atomic E-state index is 0.229. The molecule has 0 saturated carbocycles. The standard InChI is InChI=1S/C13H16N4O3S2/c1-21-13(15-10-14)16-11-2-4-12(5-3-11)22(18,19)17-6-8-20-9-7-17/h2-5H,6-9H2,1H3,(H,15,16). The van der Waals surface area contributed by atoms with Gasteiger partial charge in [0.05, 0.1) is 23.8 Å². The maximum absolute atomic E-state index is 12.5. The summed E-state index contributed by atoms with van der Waals surface area (Å²) in [4.78, 5) is 4.45. The lowest BCUT2D eigenvalue weighted by Crippen LogP contribution is -2.40. The molecule has 9 heteroatoms. The molecule has 0 radical (unpaired) electrons. The molecule has 0 bridgehead atoms. The first-order valence-electron chi connectivity index (χ1n) is 6.53. The predicted molar refractivity (Wildman–Crippen MR) is 85.4 cm³/mol. The van der Waals surface area contributed by atoms with Crippen molar-refractivity contribution in [2.45, 2.75) is 4.90 Å². The first kappa shape index (κ1) is 16.8. The Labute approximate surface area is 134 Å². The second kappa shape index (κ2) is 7.60. The quantitative estimate of drug-likeness (QED) is 0.384. The molecule has 1 N–H and O–H groups in total. The molecular weight excluding hydrogens is 324 g/mol. The van der Waals surface area contributed by atoms with Crippen LogP contribution < -0.4 is 5.32 Å². The summed E-state index contributed by atoms with van der Waals surface area (Å²) >= 11 is 1.30. The molecule has 1 heterocycles. The third-order valence-corrected chi connectivity index (χ3v) is 5.52. The van der Waals surface area contributed by atoms with Crippen LogP contribution in [0.2, 0.25) is 0 Å². The SMILES string of the molecule is CSC(=Nc1ccc(S(=O)(=O)N2CCOCC2)cc1)NC#N. The van der Waals surface area contributed by atoms with Crippen LogP contribution in [0.25, 0.3) is 0 Å². The van der Waals surface area contributed by atoms with Crippen LogP contribution in [0.5, 0.6) is 0 Å². The molecule has 1 aromatic carbocycles. The summed E-state index contributed by atoms with van der Waals surface area (Å²) < 4.78 is 31.5. The maximum atomic E-state index is 12.5. The van der Waals surface area contributed by atoms with Crippen molar-refractivity contribution < 1.29 is 13.2 Å². The molecule has 0 unspecified atom stereocenters. The Bertz CT molecular complexity index is 674. The lowest BCUT2D eigenvalue weighted by molar-refractivity contribution is 0.0730. The number of aliphatic imine (C=N–C) groups is 1. The van der Waals surface area contributed by atoms with E-state index in [2.05, 4.69) is 10.3 Å². The van der Waals surface area contributed by atoms with Crippen LogP contribution in [0.1, 0.15) is 0 Å². The van der Waals surface area contributed by atoms with Crippen molar-refractivity contribution in [3.05, 3.63) is 24.3 Å². The molecule has 1 aliphatic rings. The molecule has 2 rings (SSSR count). The van der Waals surface area contributed by atoms with Gasteiger partial charge in [-0.25, -0.2) is 13.4 Å². The van der Waals surface area contributed by atoms with E-state index in [1.54, 1.807) is 24.6 Å². The van der Waals surface area contributed by atoms with Crippen molar-refractivity contribution in [3.8, 4) is 6.19 Å². The van der Waals surface area contributed by atoms with Crippen LogP contribution in [-0.4, -0.2) is 50.4 Å².